The van der Waals surface area contributed by atoms with Crippen LogP contribution in [0.25, 0.3) is 0 Å². The van der Waals surface area contributed by atoms with E-state index in [9.17, 15) is 9.00 Å². The van der Waals surface area contributed by atoms with E-state index in [0.717, 1.165) is 5.56 Å². The van der Waals surface area contributed by atoms with E-state index in [1.54, 1.807) is 12.1 Å². The molecule has 6 heteroatoms. The summed E-state index contributed by atoms with van der Waals surface area (Å²) in [6.45, 7) is 8.19. The van der Waals surface area contributed by atoms with Gasteiger partial charge >= 0.3 is 5.97 Å². The van der Waals surface area contributed by atoms with Crippen LogP contribution < -0.4 is 0 Å². The molecule has 0 amide bonds. The molecule has 1 aromatic carbocycles. The first-order chi connectivity index (χ1) is 11.2. The summed E-state index contributed by atoms with van der Waals surface area (Å²) in [4.78, 5) is 12.5. The summed E-state index contributed by atoms with van der Waals surface area (Å²) < 4.78 is 28.2. The molecule has 2 rings (SSSR count). The number of aryl methyl sites for hydroxylation is 1. The lowest BCUT2D eigenvalue weighted by atomic mass is 9.82. The van der Waals surface area contributed by atoms with E-state index < -0.39 is 16.7 Å². The van der Waals surface area contributed by atoms with Crippen molar-refractivity contribution in [3.63, 3.8) is 0 Å². The molecule has 0 aliphatic heterocycles. The zero-order valence-electron chi connectivity index (χ0n) is 14.7. The van der Waals surface area contributed by atoms with Crippen molar-refractivity contribution in [2.75, 3.05) is 13.2 Å². The normalized spacial score (nSPS) is 21.8. The lowest BCUT2D eigenvalue weighted by molar-refractivity contribution is -0.169. The molecule has 24 heavy (non-hydrogen) atoms. The average Bonchev–Trinajstić information content (AvgIpc) is 2.43. The highest BCUT2D eigenvalue weighted by Gasteiger charge is 2.37. The smallest absolute Gasteiger partial charge is 0.309 e. The van der Waals surface area contributed by atoms with Crippen molar-refractivity contribution >= 4 is 17.0 Å². The first-order valence-corrected chi connectivity index (χ1v) is 9.28. The van der Waals surface area contributed by atoms with Gasteiger partial charge in [-0.25, -0.2) is 4.21 Å². The molecule has 134 valence electrons. The summed E-state index contributed by atoms with van der Waals surface area (Å²) >= 11 is -1.47. The van der Waals surface area contributed by atoms with E-state index in [2.05, 4.69) is 0 Å². The van der Waals surface area contributed by atoms with Crippen molar-refractivity contribution in [3.8, 4) is 0 Å². The van der Waals surface area contributed by atoms with E-state index in [0.29, 0.717) is 24.3 Å². The van der Waals surface area contributed by atoms with Gasteiger partial charge < -0.3 is 9.47 Å². The summed E-state index contributed by atoms with van der Waals surface area (Å²) in [6.07, 6.45) is 1.41. The van der Waals surface area contributed by atoms with Gasteiger partial charge in [0, 0.05) is 0 Å². The van der Waals surface area contributed by atoms with Crippen LogP contribution in [0.2, 0.25) is 0 Å². The third kappa shape index (κ3) is 6.00. The number of hydrogen-bond acceptors (Lipinski definition) is 5. The molecule has 1 aromatic rings. The fourth-order valence-electron chi connectivity index (χ4n) is 2.32. The second kappa shape index (κ2) is 8.23. The topological polar surface area (TPSA) is 61.8 Å². The van der Waals surface area contributed by atoms with Crippen LogP contribution in [0.1, 0.15) is 39.2 Å². The maximum atomic E-state index is 11.9. The molecule has 0 saturated heterocycles. The monoisotopic (exact) mass is 354 g/mol. The third-order valence-corrected chi connectivity index (χ3v) is 4.71. The minimum absolute atomic E-state index is 0.0546. The largest absolute Gasteiger partial charge is 0.460 e. The molecular formula is C18H26O5S. The second-order valence-electron chi connectivity index (χ2n) is 7.06. The molecule has 1 atom stereocenters. The minimum Gasteiger partial charge on any atom is -0.460 e. The Balaban J connectivity index is 1.59. The number of rotatable bonds is 7. The zero-order valence-corrected chi connectivity index (χ0v) is 15.6. The minimum atomic E-state index is -1.47. The van der Waals surface area contributed by atoms with E-state index in [4.69, 9.17) is 13.7 Å². The predicted molar refractivity (Wildman–Crippen MR) is 91.8 cm³/mol. The van der Waals surface area contributed by atoms with Gasteiger partial charge in [0.1, 0.15) is 5.60 Å². The highest BCUT2D eigenvalue weighted by Crippen LogP contribution is 2.32. The number of carbonyl (C=O) groups excluding carboxylic acids is 1. The molecule has 1 aliphatic carbocycles. The highest BCUT2D eigenvalue weighted by atomic mass is 32.2. The van der Waals surface area contributed by atoms with Crippen molar-refractivity contribution in [3.05, 3.63) is 29.8 Å². The molecule has 0 N–H and O–H groups in total. The van der Waals surface area contributed by atoms with Crippen LogP contribution in [0.3, 0.4) is 0 Å². The first kappa shape index (κ1) is 19.1. The van der Waals surface area contributed by atoms with Crippen LogP contribution in [0.5, 0.6) is 0 Å². The third-order valence-electron chi connectivity index (χ3n) is 3.68. The van der Waals surface area contributed by atoms with E-state index in [1.807, 2.05) is 39.8 Å². The second-order valence-corrected chi connectivity index (χ2v) is 8.24. The Morgan fingerprint density at radius 3 is 2.38 bits per heavy atom. The Hall–Kier alpha value is -1.24. The van der Waals surface area contributed by atoms with Crippen LogP contribution in [0.15, 0.2) is 29.2 Å². The van der Waals surface area contributed by atoms with Crippen LogP contribution >= 0.6 is 0 Å². The fourth-order valence-corrected chi connectivity index (χ4v) is 3.03. The SMILES string of the molecule is Cc1ccc(S(=O)OCCOC2CC(C(=O)OC(C)(C)C)C2)cc1. The van der Waals surface area contributed by atoms with Gasteiger partial charge in [-0.15, -0.1) is 0 Å². The summed E-state index contributed by atoms with van der Waals surface area (Å²) in [5.41, 5.74) is 0.667. The van der Waals surface area contributed by atoms with Gasteiger partial charge in [-0.05, 0) is 52.7 Å². The highest BCUT2D eigenvalue weighted by molar-refractivity contribution is 7.80. The molecule has 1 unspecified atom stereocenters. The van der Waals surface area contributed by atoms with Gasteiger partial charge in [0.25, 0.3) is 0 Å². The van der Waals surface area contributed by atoms with Gasteiger partial charge in [0.2, 0.25) is 0 Å². The Labute approximate surface area is 146 Å². The molecule has 0 heterocycles. The summed E-state index contributed by atoms with van der Waals surface area (Å²) in [7, 11) is 0. The lowest BCUT2D eigenvalue weighted by Gasteiger charge is -2.35. The van der Waals surface area contributed by atoms with Crippen LogP contribution in [-0.4, -0.2) is 35.1 Å². The lowest BCUT2D eigenvalue weighted by Crippen LogP contribution is -2.40. The Kier molecular flexibility index (Phi) is 6.54. The molecule has 0 aromatic heterocycles. The van der Waals surface area contributed by atoms with Gasteiger partial charge in [0.05, 0.1) is 30.1 Å². The van der Waals surface area contributed by atoms with Crippen molar-refractivity contribution < 1.29 is 22.7 Å². The summed E-state index contributed by atoms with van der Waals surface area (Å²) in [6, 6.07) is 7.39. The molecule has 0 spiro atoms. The van der Waals surface area contributed by atoms with E-state index in [-0.39, 0.29) is 24.6 Å². The van der Waals surface area contributed by atoms with Crippen molar-refractivity contribution in [1.82, 2.24) is 0 Å². The fraction of sp³-hybridized carbons (Fsp3) is 0.611. The maximum absolute atomic E-state index is 11.9. The Morgan fingerprint density at radius 2 is 1.79 bits per heavy atom. The van der Waals surface area contributed by atoms with E-state index in [1.165, 1.54) is 0 Å². The number of benzene rings is 1. The Morgan fingerprint density at radius 1 is 1.17 bits per heavy atom. The molecule has 0 radical (unpaired) electrons. The molecule has 0 bridgehead atoms. The van der Waals surface area contributed by atoms with Crippen molar-refractivity contribution in [1.29, 1.82) is 0 Å². The molecule has 1 saturated carbocycles. The standard InChI is InChI=1S/C18H26O5S/c1-13-5-7-16(8-6-13)24(20)22-10-9-21-15-11-14(12-15)17(19)23-18(2,3)4/h5-8,14-15H,9-12H2,1-4H3. The number of carbonyl (C=O) groups is 1. The maximum Gasteiger partial charge on any atom is 0.309 e. The van der Waals surface area contributed by atoms with Crippen molar-refractivity contribution in [2.45, 2.75) is 57.1 Å². The molecular weight excluding hydrogens is 328 g/mol. The van der Waals surface area contributed by atoms with Gasteiger partial charge in [-0.3, -0.25) is 8.98 Å². The number of hydrogen-bond donors (Lipinski definition) is 0. The number of ether oxygens (including phenoxy) is 2. The summed E-state index contributed by atoms with van der Waals surface area (Å²) in [5.74, 6) is -0.226. The van der Waals surface area contributed by atoms with Crippen LogP contribution in [0.4, 0.5) is 0 Å². The number of esters is 1. The molecule has 1 fully saturated rings. The van der Waals surface area contributed by atoms with Crippen LogP contribution in [-0.2, 0) is 29.5 Å². The van der Waals surface area contributed by atoms with Gasteiger partial charge in [-0.2, -0.15) is 0 Å². The summed E-state index contributed by atoms with van der Waals surface area (Å²) in [5, 5.41) is 0. The van der Waals surface area contributed by atoms with E-state index >= 15 is 0 Å². The predicted octanol–water partition coefficient (Wildman–Crippen LogP) is 3.17. The average molecular weight is 354 g/mol. The zero-order chi connectivity index (χ0) is 17.7. The molecule has 5 nitrogen and oxygen atoms in total. The Bertz CT molecular complexity index is 570. The van der Waals surface area contributed by atoms with Gasteiger partial charge in [0.15, 0.2) is 11.1 Å². The first-order valence-electron chi connectivity index (χ1n) is 8.21. The van der Waals surface area contributed by atoms with Gasteiger partial charge in [-0.1, -0.05) is 17.7 Å². The quantitative estimate of drug-likeness (QED) is 0.556. The molecule has 1 aliphatic rings. The van der Waals surface area contributed by atoms with Crippen LogP contribution in [0, 0.1) is 12.8 Å². The van der Waals surface area contributed by atoms with Crippen molar-refractivity contribution in [2.24, 2.45) is 5.92 Å².